The fourth-order valence-electron chi connectivity index (χ4n) is 2.57. The number of halogens is 1. The molecule has 0 amide bonds. The maximum absolute atomic E-state index is 3.68. The molecule has 102 valence electrons. The number of thiophene rings is 1. The second-order valence-electron chi connectivity index (χ2n) is 4.64. The molecule has 2 atom stereocenters. The zero-order chi connectivity index (χ0) is 13.7. The quantitative estimate of drug-likeness (QED) is 0.748. The lowest BCUT2D eigenvalue weighted by Gasteiger charge is -2.27. The van der Waals surface area contributed by atoms with E-state index in [-0.39, 0.29) is 0 Å². The summed E-state index contributed by atoms with van der Waals surface area (Å²) in [4.78, 5) is 0. The third-order valence-electron chi connectivity index (χ3n) is 3.47. The highest BCUT2D eigenvalue weighted by Gasteiger charge is 2.24. The van der Waals surface area contributed by atoms with E-state index < -0.39 is 0 Å². The Morgan fingerprint density at radius 2 is 1.89 bits per heavy atom. The van der Waals surface area contributed by atoms with Gasteiger partial charge in [0.2, 0.25) is 0 Å². The minimum Gasteiger partial charge on any atom is -0.310 e. The summed E-state index contributed by atoms with van der Waals surface area (Å²) in [6.45, 7) is 5.42. The van der Waals surface area contributed by atoms with Gasteiger partial charge in [0.05, 0.1) is 0 Å². The van der Waals surface area contributed by atoms with Crippen LogP contribution in [-0.4, -0.2) is 6.54 Å². The molecule has 0 spiro atoms. The van der Waals surface area contributed by atoms with Crippen LogP contribution in [0.4, 0.5) is 0 Å². The monoisotopic (exact) mass is 337 g/mol. The van der Waals surface area contributed by atoms with Gasteiger partial charge in [-0.3, -0.25) is 0 Å². The van der Waals surface area contributed by atoms with Gasteiger partial charge in [-0.2, -0.15) is 11.3 Å². The lowest BCUT2D eigenvalue weighted by Crippen LogP contribution is -2.26. The van der Waals surface area contributed by atoms with Crippen molar-refractivity contribution >= 4 is 27.3 Å². The van der Waals surface area contributed by atoms with Crippen LogP contribution in [0, 0.1) is 0 Å². The van der Waals surface area contributed by atoms with E-state index in [9.17, 15) is 0 Å². The molecule has 2 unspecified atom stereocenters. The smallest absolute Gasteiger partial charge is 0.0408 e. The molecule has 1 N–H and O–H groups in total. The highest BCUT2D eigenvalue weighted by atomic mass is 79.9. The Bertz CT molecular complexity index is 494. The van der Waals surface area contributed by atoms with Crippen molar-refractivity contribution in [2.45, 2.75) is 32.2 Å². The van der Waals surface area contributed by atoms with Gasteiger partial charge in [0.15, 0.2) is 0 Å². The second-order valence-corrected chi connectivity index (χ2v) is 6.23. The molecule has 0 aliphatic rings. The Kier molecular flexibility index (Phi) is 5.61. The van der Waals surface area contributed by atoms with Crippen LogP contribution in [0.15, 0.2) is 45.6 Å². The van der Waals surface area contributed by atoms with Crippen LogP contribution in [-0.2, 0) is 0 Å². The number of benzene rings is 1. The van der Waals surface area contributed by atoms with Gasteiger partial charge in [-0.05, 0) is 45.4 Å². The van der Waals surface area contributed by atoms with Gasteiger partial charge in [-0.15, -0.1) is 0 Å². The summed E-state index contributed by atoms with van der Waals surface area (Å²) in [5.74, 6) is 0.507. The number of nitrogens with one attached hydrogen (secondary N) is 1. The molecule has 0 aliphatic heterocycles. The molecule has 0 saturated heterocycles. The summed E-state index contributed by atoms with van der Waals surface area (Å²) in [5, 5.41) is 8.07. The minimum atomic E-state index is 0.373. The molecular formula is C16H20BrNS. The van der Waals surface area contributed by atoms with Crippen LogP contribution in [0.1, 0.15) is 43.4 Å². The molecule has 2 aromatic rings. The molecule has 0 aliphatic carbocycles. The molecule has 0 saturated carbocycles. The van der Waals surface area contributed by atoms with E-state index in [1.54, 1.807) is 11.3 Å². The molecule has 1 heterocycles. The third-order valence-corrected chi connectivity index (χ3v) is 5.22. The van der Waals surface area contributed by atoms with E-state index in [1.807, 2.05) is 0 Å². The van der Waals surface area contributed by atoms with E-state index >= 15 is 0 Å². The Morgan fingerprint density at radius 3 is 2.42 bits per heavy atom. The lowest BCUT2D eigenvalue weighted by molar-refractivity contribution is 0.445. The van der Waals surface area contributed by atoms with Crippen LogP contribution in [0.2, 0.25) is 0 Å². The van der Waals surface area contributed by atoms with Crippen molar-refractivity contribution in [3.63, 3.8) is 0 Å². The van der Waals surface area contributed by atoms with Gasteiger partial charge in [-0.1, -0.05) is 44.2 Å². The zero-order valence-corrected chi connectivity index (χ0v) is 13.8. The van der Waals surface area contributed by atoms with Crippen molar-refractivity contribution in [3.05, 3.63) is 56.7 Å². The maximum Gasteiger partial charge on any atom is 0.0408 e. The molecule has 2 rings (SSSR count). The average molecular weight is 338 g/mol. The van der Waals surface area contributed by atoms with E-state index in [1.165, 1.54) is 15.6 Å². The van der Waals surface area contributed by atoms with E-state index in [0.717, 1.165) is 13.0 Å². The third kappa shape index (κ3) is 3.47. The largest absolute Gasteiger partial charge is 0.310 e. The highest BCUT2D eigenvalue weighted by molar-refractivity contribution is 9.10. The standard InChI is InChI=1S/C16H20BrNS/c1-3-13(12-8-6-5-7-9-12)16(18-4-2)14-10-19-11-15(14)17/h5-11,13,16,18H,3-4H2,1-2H3. The van der Waals surface area contributed by atoms with Gasteiger partial charge in [0, 0.05) is 21.8 Å². The van der Waals surface area contributed by atoms with Crippen molar-refractivity contribution in [2.24, 2.45) is 0 Å². The van der Waals surface area contributed by atoms with Crippen molar-refractivity contribution in [2.75, 3.05) is 6.54 Å². The topological polar surface area (TPSA) is 12.0 Å². The van der Waals surface area contributed by atoms with Gasteiger partial charge < -0.3 is 5.32 Å². The van der Waals surface area contributed by atoms with Crippen molar-refractivity contribution < 1.29 is 0 Å². The number of hydrogen-bond donors (Lipinski definition) is 1. The first-order valence-corrected chi connectivity index (χ1v) is 8.51. The Hall–Kier alpha value is -0.640. The summed E-state index contributed by atoms with van der Waals surface area (Å²) in [7, 11) is 0. The molecule has 0 fully saturated rings. The lowest BCUT2D eigenvalue weighted by atomic mass is 9.86. The normalized spacial score (nSPS) is 14.3. The van der Waals surface area contributed by atoms with Crippen LogP contribution in [0.25, 0.3) is 0 Å². The Morgan fingerprint density at radius 1 is 1.16 bits per heavy atom. The molecule has 0 radical (unpaired) electrons. The first-order chi connectivity index (χ1) is 9.27. The van der Waals surface area contributed by atoms with Crippen molar-refractivity contribution in [3.8, 4) is 0 Å². The van der Waals surface area contributed by atoms with Gasteiger partial charge in [0.1, 0.15) is 0 Å². The fourth-order valence-corrected chi connectivity index (χ4v) is 4.15. The molecule has 3 heteroatoms. The van der Waals surface area contributed by atoms with Gasteiger partial charge >= 0.3 is 0 Å². The first kappa shape index (κ1) is 14.8. The second kappa shape index (κ2) is 7.22. The van der Waals surface area contributed by atoms with Gasteiger partial charge in [-0.25, -0.2) is 0 Å². The average Bonchev–Trinajstić information content (AvgIpc) is 2.86. The zero-order valence-electron chi connectivity index (χ0n) is 11.4. The summed E-state index contributed by atoms with van der Waals surface area (Å²) in [6, 6.07) is 11.2. The molecule has 0 bridgehead atoms. The molecular weight excluding hydrogens is 318 g/mol. The summed E-state index contributed by atoms with van der Waals surface area (Å²) in [5.41, 5.74) is 2.79. The summed E-state index contributed by atoms with van der Waals surface area (Å²) < 4.78 is 1.22. The predicted molar refractivity (Wildman–Crippen MR) is 87.9 cm³/mol. The maximum atomic E-state index is 3.68. The SMILES string of the molecule is CCNC(c1cscc1Br)C(CC)c1ccccc1. The van der Waals surface area contributed by atoms with Crippen LogP contribution < -0.4 is 5.32 Å². The Balaban J connectivity index is 2.34. The number of rotatable bonds is 6. The molecule has 1 aromatic carbocycles. The highest BCUT2D eigenvalue weighted by Crippen LogP contribution is 2.38. The molecule has 1 aromatic heterocycles. The fraction of sp³-hybridized carbons (Fsp3) is 0.375. The molecule has 1 nitrogen and oxygen atoms in total. The van der Waals surface area contributed by atoms with E-state index in [2.05, 4.69) is 76.2 Å². The van der Waals surface area contributed by atoms with Gasteiger partial charge in [0.25, 0.3) is 0 Å². The Labute approximate surface area is 128 Å². The van der Waals surface area contributed by atoms with Crippen molar-refractivity contribution in [1.29, 1.82) is 0 Å². The number of likely N-dealkylation sites (N-methyl/N-ethyl adjacent to an activating group) is 1. The minimum absolute atomic E-state index is 0.373. The predicted octanol–water partition coefficient (Wildman–Crippen LogP) is 5.36. The molecule has 19 heavy (non-hydrogen) atoms. The summed E-state index contributed by atoms with van der Waals surface area (Å²) in [6.07, 6.45) is 1.13. The first-order valence-electron chi connectivity index (χ1n) is 6.77. The van der Waals surface area contributed by atoms with Crippen LogP contribution in [0.5, 0.6) is 0 Å². The van der Waals surface area contributed by atoms with Crippen molar-refractivity contribution in [1.82, 2.24) is 5.32 Å². The summed E-state index contributed by atoms with van der Waals surface area (Å²) >= 11 is 5.43. The van der Waals surface area contributed by atoms with E-state index in [4.69, 9.17) is 0 Å². The number of hydrogen-bond acceptors (Lipinski definition) is 2. The van der Waals surface area contributed by atoms with Crippen LogP contribution in [0.3, 0.4) is 0 Å². The van der Waals surface area contributed by atoms with E-state index in [0.29, 0.717) is 12.0 Å². The van der Waals surface area contributed by atoms with Crippen LogP contribution >= 0.6 is 27.3 Å².